The highest BCUT2D eigenvalue weighted by atomic mass is 14.9. The number of nitrogens with one attached hydrogen (secondary N) is 2. The van der Waals surface area contributed by atoms with Crippen molar-refractivity contribution in [3.63, 3.8) is 0 Å². The van der Waals surface area contributed by atoms with Gasteiger partial charge in [0.1, 0.15) is 5.65 Å². The van der Waals surface area contributed by atoms with Crippen LogP contribution in [0.2, 0.25) is 0 Å². The van der Waals surface area contributed by atoms with Crippen molar-refractivity contribution in [2.45, 2.75) is 19.9 Å². The van der Waals surface area contributed by atoms with Gasteiger partial charge >= 0.3 is 0 Å². The van der Waals surface area contributed by atoms with Gasteiger partial charge in [0.25, 0.3) is 0 Å². The molecule has 0 saturated heterocycles. The second kappa shape index (κ2) is 3.09. The third-order valence-electron chi connectivity index (χ3n) is 1.86. The van der Waals surface area contributed by atoms with Crippen LogP contribution < -0.4 is 5.32 Å². The molecule has 0 fully saturated rings. The van der Waals surface area contributed by atoms with Crippen LogP contribution >= 0.6 is 0 Å². The Balaban J connectivity index is 2.37. The summed E-state index contributed by atoms with van der Waals surface area (Å²) in [6.07, 6.45) is 3.75. The Morgan fingerprint density at radius 1 is 1.46 bits per heavy atom. The molecule has 68 valence electrons. The van der Waals surface area contributed by atoms with Crippen molar-refractivity contribution in [3.05, 3.63) is 24.5 Å². The number of hydrogen-bond donors (Lipinski definition) is 2. The highest BCUT2D eigenvalue weighted by Gasteiger charge is 1.98. The van der Waals surface area contributed by atoms with Crippen LogP contribution in [0.1, 0.15) is 13.8 Å². The summed E-state index contributed by atoms with van der Waals surface area (Å²) >= 11 is 0. The second-order valence-corrected chi connectivity index (χ2v) is 3.44. The van der Waals surface area contributed by atoms with E-state index in [1.807, 2.05) is 18.5 Å². The largest absolute Gasteiger partial charge is 0.382 e. The van der Waals surface area contributed by atoms with Crippen molar-refractivity contribution >= 4 is 16.7 Å². The van der Waals surface area contributed by atoms with Crippen LogP contribution in [-0.4, -0.2) is 16.0 Å². The Labute approximate surface area is 77.2 Å². The predicted octanol–water partition coefficient (Wildman–Crippen LogP) is 2.38. The molecule has 0 aliphatic heterocycles. The van der Waals surface area contributed by atoms with Gasteiger partial charge in [-0.3, -0.25) is 0 Å². The van der Waals surface area contributed by atoms with E-state index in [0.717, 1.165) is 16.7 Å². The minimum absolute atomic E-state index is 0.443. The Bertz CT molecular complexity index is 403. The highest BCUT2D eigenvalue weighted by Crippen LogP contribution is 2.15. The highest BCUT2D eigenvalue weighted by molar-refractivity contribution is 5.78. The number of aromatic amines is 1. The van der Waals surface area contributed by atoms with Crippen molar-refractivity contribution in [1.82, 2.24) is 9.97 Å². The summed E-state index contributed by atoms with van der Waals surface area (Å²) in [7, 11) is 0. The van der Waals surface area contributed by atoms with Crippen molar-refractivity contribution < 1.29 is 0 Å². The lowest BCUT2D eigenvalue weighted by Crippen LogP contribution is -2.09. The molecule has 0 saturated carbocycles. The summed E-state index contributed by atoms with van der Waals surface area (Å²) in [5, 5.41) is 4.45. The minimum atomic E-state index is 0.443. The van der Waals surface area contributed by atoms with E-state index in [2.05, 4.69) is 35.2 Å². The average molecular weight is 175 g/mol. The van der Waals surface area contributed by atoms with E-state index in [9.17, 15) is 0 Å². The van der Waals surface area contributed by atoms with E-state index in [-0.39, 0.29) is 0 Å². The van der Waals surface area contributed by atoms with E-state index in [1.165, 1.54) is 0 Å². The normalized spacial score (nSPS) is 11.0. The average Bonchev–Trinajstić information content (AvgIpc) is 2.49. The van der Waals surface area contributed by atoms with Crippen LogP contribution in [0.3, 0.4) is 0 Å². The smallest absolute Gasteiger partial charge is 0.137 e. The number of H-pyrrole nitrogens is 1. The molecule has 0 radical (unpaired) electrons. The summed E-state index contributed by atoms with van der Waals surface area (Å²) in [6.45, 7) is 4.22. The van der Waals surface area contributed by atoms with Crippen LogP contribution in [0.15, 0.2) is 24.5 Å². The van der Waals surface area contributed by atoms with Crippen LogP contribution in [0.5, 0.6) is 0 Å². The Kier molecular flexibility index (Phi) is 1.93. The van der Waals surface area contributed by atoms with E-state index >= 15 is 0 Å². The molecule has 13 heavy (non-hydrogen) atoms. The van der Waals surface area contributed by atoms with Crippen molar-refractivity contribution in [3.8, 4) is 0 Å². The predicted molar refractivity (Wildman–Crippen MR) is 54.9 cm³/mol. The SMILES string of the molecule is CC(C)Nc1cnc2[nH]ccc2c1. The summed E-state index contributed by atoms with van der Waals surface area (Å²) < 4.78 is 0. The minimum Gasteiger partial charge on any atom is -0.382 e. The Morgan fingerprint density at radius 3 is 3.08 bits per heavy atom. The fourth-order valence-corrected chi connectivity index (χ4v) is 1.35. The van der Waals surface area contributed by atoms with Gasteiger partial charge < -0.3 is 10.3 Å². The topological polar surface area (TPSA) is 40.7 Å². The Morgan fingerprint density at radius 2 is 2.31 bits per heavy atom. The summed E-state index contributed by atoms with van der Waals surface area (Å²) in [6, 6.07) is 4.56. The number of pyridine rings is 1. The molecule has 0 spiro atoms. The monoisotopic (exact) mass is 175 g/mol. The van der Waals surface area contributed by atoms with Gasteiger partial charge in [-0.2, -0.15) is 0 Å². The Hall–Kier alpha value is -1.51. The standard InChI is InChI=1S/C10H13N3/c1-7(2)13-9-5-8-3-4-11-10(8)12-6-9/h3-7,13H,1-2H3,(H,11,12). The van der Waals surface area contributed by atoms with Gasteiger partial charge in [-0.1, -0.05) is 0 Å². The zero-order valence-corrected chi connectivity index (χ0v) is 7.83. The van der Waals surface area contributed by atoms with Crippen LogP contribution in [0, 0.1) is 0 Å². The molecule has 2 aromatic heterocycles. The van der Waals surface area contributed by atoms with Gasteiger partial charge in [-0.25, -0.2) is 4.98 Å². The van der Waals surface area contributed by atoms with Gasteiger partial charge in [-0.15, -0.1) is 0 Å². The van der Waals surface area contributed by atoms with Crippen LogP contribution in [0.25, 0.3) is 11.0 Å². The fourth-order valence-electron chi connectivity index (χ4n) is 1.35. The van der Waals surface area contributed by atoms with E-state index in [0.29, 0.717) is 6.04 Å². The van der Waals surface area contributed by atoms with Crippen molar-refractivity contribution in [1.29, 1.82) is 0 Å². The molecule has 2 heterocycles. The lowest BCUT2D eigenvalue weighted by atomic mass is 10.3. The lowest BCUT2D eigenvalue weighted by Gasteiger charge is -2.08. The first-order valence-corrected chi connectivity index (χ1v) is 4.45. The number of aromatic nitrogens is 2. The molecule has 2 rings (SSSR count). The van der Waals surface area contributed by atoms with Gasteiger partial charge in [-0.05, 0) is 26.0 Å². The molecule has 0 amide bonds. The summed E-state index contributed by atoms with van der Waals surface area (Å²) in [5.74, 6) is 0. The molecule has 0 unspecified atom stereocenters. The molecule has 0 aliphatic carbocycles. The van der Waals surface area contributed by atoms with Gasteiger partial charge in [0.15, 0.2) is 0 Å². The van der Waals surface area contributed by atoms with Crippen LogP contribution in [-0.2, 0) is 0 Å². The third-order valence-corrected chi connectivity index (χ3v) is 1.86. The summed E-state index contributed by atoms with van der Waals surface area (Å²) in [5.41, 5.74) is 2.01. The number of hydrogen-bond acceptors (Lipinski definition) is 2. The maximum atomic E-state index is 4.28. The first-order chi connectivity index (χ1) is 6.25. The van der Waals surface area contributed by atoms with Crippen molar-refractivity contribution in [2.75, 3.05) is 5.32 Å². The summed E-state index contributed by atoms with van der Waals surface area (Å²) in [4.78, 5) is 7.34. The third kappa shape index (κ3) is 1.64. The second-order valence-electron chi connectivity index (χ2n) is 3.44. The zero-order valence-electron chi connectivity index (χ0n) is 7.83. The molecule has 3 heteroatoms. The fraction of sp³-hybridized carbons (Fsp3) is 0.300. The van der Waals surface area contributed by atoms with Crippen LogP contribution in [0.4, 0.5) is 5.69 Å². The molecule has 2 N–H and O–H groups in total. The molecule has 0 aliphatic rings. The maximum absolute atomic E-state index is 4.28. The first-order valence-electron chi connectivity index (χ1n) is 4.45. The zero-order chi connectivity index (χ0) is 9.26. The molecular weight excluding hydrogens is 162 g/mol. The number of anilines is 1. The lowest BCUT2D eigenvalue weighted by molar-refractivity contribution is 0.898. The number of fused-ring (bicyclic) bond motifs is 1. The molecule has 0 atom stereocenters. The number of nitrogens with zero attached hydrogens (tertiary/aromatic N) is 1. The first kappa shape index (κ1) is 8.10. The quantitative estimate of drug-likeness (QED) is 0.735. The maximum Gasteiger partial charge on any atom is 0.137 e. The molecule has 2 aromatic rings. The van der Waals surface area contributed by atoms with E-state index in [1.54, 1.807) is 0 Å². The molecule has 3 nitrogen and oxygen atoms in total. The molecule has 0 aromatic carbocycles. The molecular formula is C10H13N3. The number of rotatable bonds is 2. The van der Waals surface area contributed by atoms with E-state index < -0.39 is 0 Å². The van der Waals surface area contributed by atoms with Gasteiger partial charge in [0, 0.05) is 17.6 Å². The van der Waals surface area contributed by atoms with Gasteiger partial charge in [0.05, 0.1) is 11.9 Å². The molecule has 0 bridgehead atoms. The van der Waals surface area contributed by atoms with Gasteiger partial charge in [0.2, 0.25) is 0 Å². The van der Waals surface area contributed by atoms with E-state index in [4.69, 9.17) is 0 Å². The van der Waals surface area contributed by atoms with Crippen molar-refractivity contribution in [2.24, 2.45) is 0 Å².